The minimum absolute atomic E-state index is 0.213. The van der Waals surface area contributed by atoms with E-state index in [9.17, 15) is 4.79 Å². The van der Waals surface area contributed by atoms with Crippen molar-refractivity contribution in [1.29, 1.82) is 0 Å². The lowest BCUT2D eigenvalue weighted by atomic mass is 9.97. The SMILES string of the molecule is O=c1nc(OCC2COc3ccccc3O2)cc2n1CCc1cc(OCc3ncco3)ccc1-2. The van der Waals surface area contributed by atoms with Crippen molar-refractivity contribution >= 4 is 0 Å². The molecule has 2 aromatic heterocycles. The van der Waals surface area contributed by atoms with E-state index in [0.717, 1.165) is 16.8 Å². The maximum absolute atomic E-state index is 12.7. The number of benzene rings is 2. The summed E-state index contributed by atoms with van der Waals surface area (Å²) in [6.07, 6.45) is 3.50. The van der Waals surface area contributed by atoms with E-state index in [-0.39, 0.29) is 30.9 Å². The predicted octanol–water partition coefficient (Wildman–Crippen LogP) is 3.25. The molecular weight excluding hydrogens is 438 g/mol. The van der Waals surface area contributed by atoms with E-state index in [0.29, 0.717) is 42.7 Å². The van der Waals surface area contributed by atoms with Gasteiger partial charge in [0.25, 0.3) is 0 Å². The number of hydrogen-bond acceptors (Lipinski definition) is 8. The number of aromatic nitrogens is 3. The molecule has 2 aromatic carbocycles. The second-order valence-electron chi connectivity index (χ2n) is 8.01. The normalized spacial score (nSPS) is 15.8. The van der Waals surface area contributed by atoms with Gasteiger partial charge in [-0.15, -0.1) is 0 Å². The topological polar surface area (TPSA) is 97.8 Å². The van der Waals surface area contributed by atoms with E-state index in [1.807, 2.05) is 42.5 Å². The van der Waals surface area contributed by atoms with Gasteiger partial charge in [0.05, 0.1) is 11.9 Å². The minimum Gasteiger partial charge on any atom is -0.486 e. The van der Waals surface area contributed by atoms with E-state index in [4.69, 9.17) is 23.4 Å². The molecular formula is C25H21N3O6. The summed E-state index contributed by atoms with van der Waals surface area (Å²) in [6, 6.07) is 15.1. The van der Waals surface area contributed by atoms with Crippen molar-refractivity contribution in [3.63, 3.8) is 0 Å². The van der Waals surface area contributed by atoms with Gasteiger partial charge in [-0.1, -0.05) is 12.1 Å². The van der Waals surface area contributed by atoms with Gasteiger partial charge in [0.1, 0.15) is 25.2 Å². The molecule has 1 atom stereocenters. The lowest BCUT2D eigenvalue weighted by Crippen LogP contribution is -2.35. The van der Waals surface area contributed by atoms with E-state index < -0.39 is 0 Å². The average Bonchev–Trinajstić information content (AvgIpc) is 3.39. The van der Waals surface area contributed by atoms with Crippen LogP contribution in [0, 0.1) is 0 Å². The van der Waals surface area contributed by atoms with Gasteiger partial charge in [-0.05, 0) is 42.3 Å². The molecule has 0 bridgehead atoms. The highest BCUT2D eigenvalue weighted by molar-refractivity contribution is 5.67. The Morgan fingerprint density at radius 3 is 2.88 bits per heavy atom. The number of aryl methyl sites for hydroxylation is 1. The molecule has 1 unspecified atom stereocenters. The van der Waals surface area contributed by atoms with E-state index in [2.05, 4.69) is 9.97 Å². The number of para-hydroxylation sites is 2. The molecule has 0 aliphatic carbocycles. The molecule has 9 heteroatoms. The first-order valence-corrected chi connectivity index (χ1v) is 11.0. The smallest absolute Gasteiger partial charge is 0.351 e. The minimum atomic E-state index is -0.339. The standard InChI is InChI=1S/C25H21N3O6/c29-25-27-23(33-14-18-13-32-21-3-1-2-4-22(21)34-18)12-20-19-6-5-17(11-16(19)7-9-28(20)25)31-15-24-26-8-10-30-24/h1-6,8,10-12,18H,7,9,13-15H2. The molecule has 2 aliphatic rings. The summed E-state index contributed by atoms with van der Waals surface area (Å²) < 4.78 is 30.2. The van der Waals surface area contributed by atoms with Crippen LogP contribution < -0.4 is 24.6 Å². The maximum atomic E-state index is 12.7. The van der Waals surface area contributed by atoms with Crippen molar-refractivity contribution in [2.45, 2.75) is 25.7 Å². The molecule has 34 heavy (non-hydrogen) atoms. The van der Waals surface area contributed by atoms with Crippen LogP contribution in [0.4, 0.5) is 0 Å². The third-order valence-electron chi connectivity index (χ3n) is 5.78. The van der Waals surface area contributed by atoms with Crippen molar-refractivity contribution in [2.24, 2.45) is 0 Å². The van der Waals surface area contributed by atoms with Crippen molar-refractivity contribution in [1.82, 2.24) is 14.5 Å². The van der Waals surface area contributed by atoms with Gasteiger partial charge in [-0.25, -0.2) is 9.78 Å². The van der Waals surface area contributed by atoms with Gasteiger partial charge < -0.3 is 23.4 Å². The second-order valence-corrected chi connectivity index (χ2v) is 8.01. The molecule has 4 aromatic rings. The summed E-state index contributed by atoms with van der Waals surface area (Å²) in [6.45, 7) is 1.36. The van der Waals surface area contributed by atoms with Gasteiger partial charge >= 0.3 is 5.69 Å². The van der Waals surface area contributed by atoms with Crippen molar-refractivity contribution in [3.8, 4) is 34.4 Å². The van der Waals surface area contributed by atoms with Crippen LogP contribution in [0.2, 0.25) is 0 Å². The summed E-state index contributed by atoms with van der Waals surface area (Å²) in [5.74, 6) is 2.88. The van der Waals surface area contributed by atoms with E-state index in [1.54, 1.807) is 16.8 Å². The monoisotopic (exact) mass is 459 g/mol. The molecule has 0 spiro atoms. The van der Waals surface area contributed by atoms with Crippen molar-refractivity contribution in [3.05, 3.63) is 82.9 Å². The number of nitrogens with zero attached hydrogens (tertiary/aromatic N) is 3. The number of fused-ring (bicyclic) bond motifs is 4. The lowest BCUT2D eigenvalue weighted by molar-refractivity contribution is 0.0520. The molecule has 2 aliphatic heterocycles. The molecule has 6 rings (SSSR count). The van der Waals surface area contributed by atoms with Crippen LogP contribution in [0.25, 0.3) is 11.3 Å². The number of oxazole rings is 1. The summed E-state index contributed by atoms with van der Waals surface area (Å²) in [5, 5.41) is 0. The quantitative estimate of drug-likeness (QED) is 0.433. The Morgan fingerprint density at radius 1 is 1.09 bits per heavy atom. The largest absolute Gasteiger partial charge is 0.486 e. The van der Waals surface area contributed by atoms with Gasteiger partial charge in [0.15, 0.2) is 24.2 Å². The Morgan fingerprint density at radius 2 is 2.00 bits per heavy atom. The molecule has 0 saturated carbocycles. The molecule has 0 amide bonds. The first kappa shape index (κ1) is 20.3. The molecule has 4 heterocycles. The fourth-order valence-corrected chi connectivity index (χ4v) is 4.14. The Bertz CT molecular complexity index is 1380. The van der Waals surface area contributed by atoms with Crippen LogP contribution in [0.1, 0.15) is 11.5 Å². The van der Waals surface area contributed by atoms with E-state index in [1.165, 1.54) is 6.26 Å². The van der Waals surface area contributed by atoms with Crippen LogP contribution in [0.5, 0.6) is 23.1 Å². The molecule has 172 valence electrons. The van der Waals surface area contributed by atoms with Gasteiger partial charge in [0.2, 0.25) is 11.8 Å². The van der Waals surface area contributed by atoms with Crippen LogP contribution in [0.3, 0.4) is 0 Å². The third kappa shape index (κ3) is 3.96. The Labute approximate surface area is 194 Å². The van der Waals surface area contributed by atoms with Gasteiger partial charge in [0, 0.05) is 18.2 Å². The fraction of sp³-hybridized carbons (Fsp3) is 0.240. The van der Waals surface area contributed by atoms with Gasteiger partial charge in [-0.3, -0.25) is 4.57 Å². The summed E-state index contributed by atoms with van der Waals surface area (Å²) in [5.41, 5.74) is 2.46. The summed E-state index contributed by atoms with van der Waals surface area (Å²) >= 11 is 0. The molecule has 0 radical (unpaired) electrons. The zero-order chi connectivity index (χ0) is 22.9. The number of ether oxygens (including phenoxy) is 4. The average molecular weight is 459 g/mol. The number of rotatable bonds is 6. The van der Waals surface area contributed by atoms with Crippen LogP contribution in [-0.4, -0.2) is 33.9 Å². The molecule has 0 N–H and O–H groups in total. The molecule has 0 saturated heterocycles. The highest BCUT2D eigenvalue weighted by Crippen LogP contribution is 2.33. The van der Waals surface area contributed by atoms with Crippen molar-refractivity contribution in [2.75, 3.05) is 13.2 Å². The molecule has 9 nitrogen and oxygen atoms in total. The first-order valence-electron chi connectivity index (χ1n) is 11.0. The fourth-order valence-electron chi connectivity index (χ4n) is 4.14. The van der Waals surface area contributed by atoms with Crippen LogP contribution in [0.15, 0.2) is 70.2 Å². The van der Waals surface area contributed by atoms with Crippen LogP contribution >= 0.6 is 0 Å². The highest BCUT2D eigenvalue weighted by Gasteiger charge is 2.23. The lowest BCUT2D eigenvalue weighted by Gasteiger charge is -2.26. The maximum Gasteiger partial charge on any atom is 0.351 e. The molecule has 0 fully saturated rings. The first-order chi connectivity index (χ1) is 16.7. The third-order valence-corrected chi connectivity index (χ3v) is 5.78. The van der Waals surface area contributed by atoms with Gasteiger partial charge in [-0.2, -0.15) is 4.98 Å². The zero-order valence-corrected chi connectivity index (χ0v) is 18.2. The number of hydrogen-bond donors (Lipinski definition) is 0. The Kier molecular flexibility index (Phi) is 5.14. The zero-order valence-electron chi connectivity index (χ0n) is 18.2. The van der Waals surface area contributed by atoms with E-state index >= 15 is 0 Å². The predicted molar refractivity (Wildman–Crippen MR) is 120 cm³/mol. The summed E-state index contributed by atoms with van der Waals surface area (Å²) in [7, 11) is 0. The van der Waals surface area contributed by atoms with Crippen molar-refractivity contribution < 1.29 is 23.4 Å². The summed E-state index contributed by atoms with van der Waals surface area (Å²) in [4.78, 5) is 20.9. The second kappa shape index (κ2) is 8.58. The Balaban J connectivity index is 1.19. The van der Waals surface area contributed by atoms with Crippen LogP contribution in [-0.2, 0) is 19.6 Å². The highest BCUT2D eigenvalue weighted by atomic mass is 16.6. The Hall–Kier alpha value is -4.27.